The van der Waals surface area contributed by atoms with E-state index >= 15 is 0 Å². The van der Waals surface area contributed by atoms with Crippen LogP contribution in [0.15, 0.2) is 10.9 Å². The van der Waals surface area contributed by atoms with Gasteiger partial charge in [-0.05, 0) is 25.5 Å². The Morgan fingerprint density at radius 3 is 2.62 bits per heavy atom. The van der Waals surface area contributed by atoms with E-state index in [0.29, 0.717) is 37.4 Å². The van der Waals surface area contributed by atoms with Crippen LogP contribution in [-0.2, 0) is 47.5 Å². The molecule has 1 spiro atoms. The van der Waals surface area contributed by atoms with E-state index in [4.69, 9.17) is 18.9 Å². The van der Waals surface area contributed by atoms with Gasteiger partial charge in [0.25, 0.3) is 5.56 Å². The molecular formula is C18H23NO7. The molecule has 0 N–H and O–H groups in total. The van der Waals surface area contributed by atoms with Crippen molar-refractivity contribution in [1.82, 2.24) is 4.57 Å². The molecule has 3 heterocycles. The summed E-state index contributed by atoms with van der Waals surface area (Å²) in [4.78, 5) is 36.5. The second-order valence-corrected chi connectivity index (χ2v) is 6.37. The molecule has 0 amide bonds. The number of hydrogen-bond donors (Lipinski definition) is 0. The number of hydrogen-bond acceptors (Lipinski definition) is 7. The van der Waals surface area contributed by atoms with Gasteiger partial charge in [0.1, 0.15) is 6.61 Å². The Morgan fingerprint density at radius 1 is 1.31 bits per heavy atom. The van der Waals surface area contributed by atoms with Crippen LogP contribution in [0.2, 0.25) is 0 Å². The molecule has 1 unspecified atom stereocenters. The van der Waals surface area contributed by atoms with Gasteiger partial charge in [-0.1, -0.05) is 0 Å². The first-order valence-corrected chi connectivity index (χ1v) is 8.74. The summed E-state index contributed by atoms with van der Waals surface area (Å²) in [5.41, 5.74) is 1.05. The van der Waals surface area contributed by atoms with Crippen molar-refractivity contribution in [3.05, 3.63) is 33.2 Å². The van der Waals surface area contributed by atoms with Crippen LogP contribution in [0.1, 0.15) is 49.9 Å². The number of nitrogens with zero attached hydrogens (tertiary/aromatic N) is 1. The molecule has 1 fully saturated rings. The normalized spacial score (nSPS) is 18.6. The summed E-state index contributed by atoms with van der Waals surface area (Å²) in [5, 5.41) is 0. The number of rotatable bonds is 5. The van der Waals surface area contributed by atoms with Crippen LogP contribution in [0.4, 0.5) is 0 Å². The third-order valence-corrected chi connectivity index (χ3v) is 4.77. The van der Waals surface area contributed by atoms with Crippen LogP contribution in [0.3, 0.4) is 0 Å². The maximum atomic E-state index is 13.0. The second kappa shape index (κ2) is 7.20. The number of aromatic nitrogens is 1. The predicted octanol–water partition coefficient (Wildman–Crippen LogP) is 1.18. The highest BCUT2D eigenvalue weighted by atomic mass is 16.7. The molecule has 2 aliphatic heterocycles. The van der Waals surface area contributed by atoms with E-state index in [0.717, 1.165) is 0 Å². The van der Waals surface area contributed by atoms with Crippen LogP contribution in [0.5, 0.6) is 0 Å². The van der Waals surface area contributed by atoms with Gasteiger partial charge in [-0.15, -0.1) is 0 Å². The van der Waals surface area contributed by atoms with Gasteiger partial charge in [-0.25, -0.2) is 0 Å². The molecular weight excluding hydrogens is 342 g/mol. The third kappa shape index (κ3) is 3.14. The minimum atomic E-state index is -0.942. The quantitative estimate of drug-likeness (QED) is 0.723. The van der Waals surface area contributed by atoms with Gasteiger partial charge in [0, 0.05) is 19.9 Å². The summed E-state index contributed by atoms with van der Waals surface area (Å²) < 4.78 is 23.3. The maximum Gasteiger partial charge on any atom is 0.313 e. The molecule has 0 radical (unpaired) electrons. The Morgan fingerprint density at radius 2 is 2.00 bits per heavy atom. The highest BCUT2D eigenvalue weighted by Crippen LogP contribution is 2.40. The minimum absolute atomic E-state index is 0.192. The van der Waals surface area contributed by atoms with Gasteiger partial charge < -0.3 is 23.5 Å². The van der Waals surface area contributed by atoms with Gasteiger partial charge in [-0.2, -0.15) is 0 Å². The number of carbonyl (C=O) groups excluding carboxylic acids is 2. The molecule has 1 atom stereocenters. The van der Waals surface area contributed by atoms with Gasteiger partial charge >= 0.3 is 11.9 Å². The molecule has 0 aliphatic carbocycles. The molecule has 26 heavy (non-hydrogen) atoms. The topological polar surface area (TPSA) is 93.1 Å². The summed E-state index contributed by atoms with van der Waals surface area (Å²) in [6, 6.07) is 1.75. The van der Waals surface area contributed by atoms with E-state index in [1.54, 1.807) is 24.5 Å². The Balaban J connectivity index is 2.10. The van der Waals surface area contributed by atoms with Crippen molar-refractivity contribution < 1.29 is 28.5 Å². The van der Waals surface area contributed by atoms with Crippen LogP contribution in [0, 0.1) is 0 Å². The lowest BCUT2D eigenvalue weighted by Gasteiger charge is -2.24. The first-order valence-electron chi connectivity index (χ1n) is 8.74. The molecule has 1 aromatic heterocycles. The number of ether oxygens (including phenoxy) is 4. The molecule has 1 saturated heterocycles. The first-order chi connectivity index (χ1) is 12.4. The summed E-state index contributed by atoms with van der Waals surface area (Å²) in [6.45, 7) is 6.04. The van der Waals surface area contributed by atoms with Crippen LogP contribution in [0.25, 0.3) is 0 Å². The van der Waals surface area contributed by atoms with E-state index in [1.165, 1.54) is 6.92 Å². The van der Waals surface area contributed by atoms with Crippen molar-refractivity contribution in [2.24, 2.45) is 0 Å². The van der Waals surface area contributed by atoms with E-state index in [-0.39, 0.29) is 24.3 Å². The molecule has 0 bridgehead atoms. The lowest BCUT2D eigenvalue weighted by Crippen LogP contribution is -2.32. The lowest BCUT2D eigenvalue weighted by molar-refractivity contribution is -0.163. The summed E-state index contributed by atoms with van der Waals surface area (Å²) in [5.74, 6) is -2.56. The summed E-state index contributed by atoms with van der Waals surface area (Å²) in [6.07, 6.45) is 0.520. The molecule has 142 valence electrons. The Bertz CT molecular complexity index is 776. The Labute approximate surface area is 151 Å². The van der Waals surface area contributed by atoms with Gasteiger partial charge in [0.05, 0.1) is 37.0 Å². The zero-order chi connectivity index (χ0) is 18.9. The van der Waals surface area contributed by atoms with Crippen LogP contribution < -0.4 is 5.56 Å². The van der Waals surface area contributed by atoms with Gasteiger partial charge in [0.2, 0.25) is 5.79 Å². The van der Waals surface area contributed by atoms with Crippen LogP contribution in [-0.4, -0.2) is 36.3 Å². The number of esters is 2. The fraction of sp³-hybridized carbons (Fsp3) is 0.611. The third-order valence-electron chi connectivity index (χ3n) is 4.77. The zero-order valence-electron chi connectivity index (χ0n) is 15.2. The second-order valence-electron chi connectivity index (χ2n) is 6.37. The van der Waals surface area contributed by atoms with Gasteiger partial charge in [0.15, 0.2) is 0 Å². The number of fused-ring (bicyclic) bond motifs is 2. The molecule has 0 saturated carbocycles. The molecule has 0 aromatic carbocycles. The van der Waals surface area contributed by atoms with Crippen molar-refractivity contribution in [2.45, 2.75) is 52.0 Å². The summed E-state index contributed by atoms with van der Waals surface area (Å²) in [7, 11) is 0. The molecule has 3 rings (SSSR count). The maximum absolute atomic E-state index is 13.0. The monoisotopic (exact) mass is 365 g/mol. The minimum Gasteiger partial charge on any atom is -0.466 e. The van der Waals surface area contributed by atoms with Crippen molar-refractivity contribution in [2.75, 3.05) is 19.8 Å². The number of carbonyl (C=O) groups is 2. The average Bonchev–Trinajstić information content (AvgIpc) is 3.22. The van der Waals surface area contributed by atoms with Crippen molar-refractivity contribution >= 4 is 11.9 Å². The smallest absolute Gasteiger partial charge is 0.313 e. The zero-order valence-corrected chi connectivity index (χ0v) is 15.2. The average molecular weight is 365 g/mol. The van der Waals surface area contributed by atoms with Crippen molar-refractivity contribution in [3.8, 4) is 0 Å². The summed E-state index contributed by atoms with van der Waals surface area (Å²) >= 11 is 0. The first kappa shape index (κ1) is 18.6. The van der Waals surface area contributed by atoms with E-state index in [9.17, 15) is 14.4 Å². The van der Waals surface area contributed by atoms with E-state index < -0.39 is 23.6 Å². The standard InChI is InChI=1S/C18H23NO7/c1-4-23-17(22)11(2)13-9-15-18(25-7-8-26-18)5-6-19(15)16(21)14(13)10-24-12(3)20/h9,11H,4-8,10H2,1-3H3. The number of pyridine rings is 1. The lowest BCUT2D eigenvalue weighted by atomic mass is 9.95. The fourth-order valence-electron chi connectivity index (χ4n) is 3.48. The van der Waals surface area contributed by atoms with Crippen molar-refractivity contribution in [1.29, 1.82) is 0 Å². The predicted molar refractivity (Wildman–Crippen MR) is 89.4 cm³/mol. The fourth-order valence-corrected chi connectivity index (χ4v) is 3.48. The SMILES string of the molecule is CCOC(=O)C(C)c1cc2n(c(=O)c1COC(C)=O)CCC21OCCO1. The Kier molecular flexibility index (Phi) is 5.15. The van der Waals surface area contributed by atoms with Gasteiger partial charge in [-0.3, -0.25) is 14.4 Å². The molecule has 1 aromatic rings. The van der Waals surface area contributed by atoms with Crippen LogP contribution >= 0.6 is 0 Å². The Hall–Kier alpha value is -2.19. The molecule has 2 aliphatic rings. The highest BCUT2D eigenvalue weighted by Gasteiger charge is 2.46. The highest BCUT2D eigenvalue weighted by molar-refractivity contribution is 5.78. The molecule has 8 heteroatoms. The van der Waals surface area contributed by atoms with E-state index in [1.807, 2.05) is 0 Å². The van der Waals surface area contributed by atoms with Crippen molar-refractivity contribution in [3.63, 3.8) is 0 Å². The van der Waals surface area contributed by atoms with E-state index in [2.05, 4.69) is 0 Å². The largest absolute Gasteiger partial charge is 0.466 e. The molecule has 8 nitrogen and oxygen atoms in total.